The molecule has 0 radical (unpaired) electrons. The van der Waals surface area contributed by atoms with Crippen LogP contribution >= 0.6 is 7.82 Å². The standard InChI is InChI=1S/C60H119N2O6P/c1-6-8-10-12-14-16-18-20-22-24-26-28-29-30-31-32-34-36-38-40-42-44-46-48-50-52-54-60(64)61-58(57-68-69(65,66)67-56-55-62(3,4)5)59(63)53-51-49-47-45-43-41-39-37-35-33-27-25-23-21-19-17-15-13-11-9-7-2/h30-31,51,53,58-59,63H,6-29,32-50,52,54-57H2,1-5H3,(H-,61,64,65,66)/b31-30-,53-51+. The van der Waals surface area contributed by atoms with Crippen molar-refractivity contribution in [2.75, 3.05) is 40.9 Å². The average Bonchev–Trinajstić information content (AvgIpc) is 3.31. The molecule has 0 aliphatic heterocycles. The highest BCUT2D eigenvalue weighted by molar-refractivity contribution is 7.45. The summed E-state index contributed by atoms with van der Waals surface area (Å²) in [7, 11) is 1.27. The van der Waals surface area contributed by atoms with E-state index in [1.54, 1.807) is 6.08 Å². The molecule has 0 spiro atoms. The predicted molar refractivity (Wildman–Crippen MR) is 298 cm³/mol. The van der Waals surface area contributed by atoms with E-state index in [9.17, 15) is 19.4 Å². The number of hydrogen-bond acceptors (Lipinski definition) is 6. The number of nitrogens with one attached hydrogen (secondary N) is 1. The Balaban J connectivity index is 4.16. The number of likely N-dealkylation sites (N-methyl/N-ethyl adjacent to an activating group) is 1. The van der Waals surface area contributed by atoms with E-state index < -0.39 is 20.0 Å². The second-order valence-corrected chi connectivity index (χ2v) is 23.5. The summed E-state index contributed by atoms with van der Waals surface area (Å²) in [6.45, 7) is 4.70. The third-order valence-electron chi connectivity index (χ3n) is 13.9. The number of allylic oxidation sites excluding steroid dienone is 3. The number of phosphoric acid groups is 1. The molecule has 0 bridgehead atoms. The maximum absolute atomic E-state index is 13.0. The lowest BCUT2D eigenvalue weighted by molar-refractivity contribution is -0.870. The summed E-state index contributed by atoms with van der Waals surface area (Å²) in [6, 6.07) is -0.886. The van der Waals surface area contributed by atoms with Gasteiger partial charge in [-0.05, 0) is 44.9 Å². The minimum atomic E-state index is -4.60. The SMILES string of the molecule is CCCCCCCCCCCCCC/C=C\CCCCCCCCCCCCC(=O)NC(COP(=O)([O-])OCC[N+](C)(C)C)C(O)/C=C/CCCCCCCCCCCCCCCCCCCCC. The van der Waals surface area contributed by atoms with Gasteiger partial charge in [0.15, 0.2) is 0 Å². The number of phosphoric ester groups is 1. The first kappa shape index (κ1) is 68.0. The zero-order valence-corrected chi connectivity index (χ0v) is 47.7. The van der Waals surface area contributed by atoms with Gasteiger partial charge in [-0.15, -0.1) is 0 Å². The molecule has 3 unspecified atom stereocenters. The van der Waals surface area contributed by atoms with E-state index >= 15 is 0 Å². The van der Waals surface area contributed by atoms with Crippen LogP contribution in [0.25, 0.3) is 0 Å². The Hall–Kier alpha value is -1.02. The van der Waals surface area contributed by atoms with Gasteiger partial charge < -0.3 is 28.8 Å². The zero-order valence-electron chi connectivity index (χ0n) is 46.8. The lowest BCUT2D eigenvalue weighted by Crippen LogP contribution is -2.45. The summed E-state index contributed by atoms with van der Waals surface area (Å²) >= 11 is 0. The summed E-state index contributed by atoms with van der Waals surface area (Å²) in [5.74, 6) is -0.194. The van der Waals surface area contributed by atoms with Crippen LogP contribution in [0.3, 0.4) is 0 Å². The monoisotopic (exact) mass is 995 g/mol. The molecule has 0 aliphatic carbocycles. The third-order valence-corrected chi connectivity index (χ3v) is 14.9. The van der Waals surface area contributed by atoms with Gasteiger partial charge in [-0.2, -0.15) is 0 Å². The van der Waals surface area contributed by atoms with Gasteiger partial charge in [0.1, 0.15) is 13.2 Å². The summed E-state index contributed by atoms with van der Waals surface area (Å²) in [5, 5.41) is 13.9. The van der Waals surface area contributed by atoms with Crippen molar-refractivity contribution < 1.29 is 32.9 Å². The van der Waals surface area contributed by atoms with Crippen LogP contribution in [-0.2, 0) is 18.4 Å². The van der Waals surface area contributed by atoms with Crippen molar-refractivity contribution in [1.29, 1.82) is 0 Å². The molecule has 0 aromatic carbocycles. The van der Waals surface area contributed by atoms with E-state index in [4.69, 9.17) is 9.05 Å². The topological polar surface area (TPSA) is 108 Å². The first-order valence-electron chi connectivity index (χ1n) is 30.2. The highest BCUT2D eigenvalue weighted by Gasteiger charge is 2.23. The van der Waals surface area contributed by atoms with E-state index in [1.165, 1.54) is 244 Å². The van der Waals surface area contributed by atoms with Gasteiger partial charge >= 0.3 is 0 Å². The number of nitrogens with zero attached hydrogens (tertiary/aromatic N) is 1. The van der Waals surface area contributed by atoms with Crippen LogP contribution in [0.1, 0.15) is 303 Å². The Bertz CT molecular complexity index is 1170. The molecule has 0 aliphatic rings. The van der Waals surface area contributed by atoms with Crippen LogP contribution in [-0.4, -0.2) is 68.5 Å². The molecule has 2 N–H and O–H groups in total. The average molecular weight is 996 g/mol. The molecule has 69 heavy (non-hydrogen) atoms. The number of rotatable bonds is 56. The summed E-state index contributed by atoms with van der Waals surface area (Å²) in [5.41, 5.74) is 0. The van der Waals surface area contributed by atoms with E-state index in [2.05, 4.69) is 31.3 Å². The molecule has 0 aromatic rings. The van der Waals surface area contributed by atoms with Gasteiger partial charge in [0.2, 0.25) is 5.91 Å². The Morgan fingerprint density at radius 2 is 0.797 bits per heavy atom. The second-order valence-electron chi connectivity index (χ2n) is 22.1. The Labute approximate surface area is 430 Å². The first-order chi connectivity index (χ1) is 33.5. The maximum Gasteiger partial charge on any atom is 0.268 e. The number of aliphatic hydroxyl groups excluding tert-OH is 1. The number of aliphatic hydroxyl groups is 1. The Morgan fingerprint density at radius 1 is 0.493 bits per heavy atom. The van der Waals surface area contributed by atoms with Crippen LogP contribution in [0.4, 0.5) is 0 Å². The van der Waals surface area contributed by atoms with Crippen LogP contribution < -0.4 is 10.2 Å². The van der Waals surface area contributed by atoms with Gasteiger partial charge in [-0.3, -0.25) is 9.36 Å². The van der Waals surface area contributed by atoms with E-state index in [1.807, 2.05) is 27.2 Å². The molecule has 0 saturated heterocycles. The minimum Gasteiger partial charge on any atom is -0.756 e. The second kappa shape index (κ2) is 51.9. The summed E-state index contributed by atoms with van der Waals surface area (Å²) in [6.07, 6.45) is 65.4. The number of hydrogen-bond donors (Lipinski definition) is 2. The number of unbranched alkanes of at least 4 members (excludes halogenated alkanes) is 41. The quantitative estimate of drug-likeness (QED) is 0.0272. The highest BCUT2D eigenvalue weighted by Crippen LogP contribution is 2.38. The number of amides is 1. The van der Waals surface area contributed by atoms with Gasteiger partial charge in [0.25, 0.3) is 7.82 Å². The van der Waals surface area contributed by atoms with Crippen molar-refractivity contribution in [3.8, 4) is 0 Å². The van der Waals surface area contributed by atoms with Gasteiger partial charge in [0, 0.05) is 6.42 Å². The van der Waals surface area contributed by atoms with Crippen LogP contribution in [0.5, 0.6) is 0 Å². The lowest BCUT2D eigenvalue weighted by Gasteiger charge is -2.29. The highest BCUT2D eigenvalue weighted by atomic mass is 31.2. The van der Waals surface area contributed by atoms with Crippen molar-refractivity contribution in [3.63, 3.8) is 0 Å². The molecular weight excluding hydrogens is 876 g/mol. The van der Waals surface area contributed by atoms with Crippen molar-refractivity contribution in [3.05, 3.63) is 24.3 Å². The largest absolute Gasteiger partial charge is 0.756 e. The zero-order chi connectivity index (χ0) is 50.6. The van der Waals surface area contributed by atoms with Crippen LogP contribution in [0.15, 0.2) is 24.3 Å². The van der Waals surface area contributed by atoms with Gasteiger partial charge in [0.05, 0.1) is 39.9 Å². The Morgan fingerprint density at radius 3 is 1.13 bits per heavy atom. The van der Waals surface area contributed by atoms with Gasteiger partial charge in [-0.25, -0.2) is 0 Å². The Kier molecular flexibility index (Phi) is 51.1. The van der Waals surface area contributed by atoms with Crippen molar-refractivity contribution in [2.45, 2.75) is 315 Å². The molecule has 0 rings (SSSR count). The van der Waals surface area contributed by atoms with E-state index in [0.717, 1.165) is 38.5 Å². The van der Waals surface area contributed by atoms with Crippen molar-refractivity contribution in [2.24, 2.45) is 0 Å². The fourth-order valence-corrected chi connectivity index (χ4v) is 9.87. The van der Waals surface area contributed by atoms with E-state index in [0.29, 0.717) is 17.4 Å². The first-order valence-corrected chi connectivity index (χ1v) is 31.7. The van der Waals surface area contributed by atoms with Crippen molar-refractivity contribution >= 4 is 13.7 Å². The molecule has 0 aromatic heterocycles. The molecule has 0 heterocycles. The molecular formula is C60H119N2O6P. The van der Waals surface area contributed by atoms with E-state index in [-0.39, 0.29) is 19.1 Å². The number of carbonyl (C=O) groups is 1. The minimum absolute atomic E-state index is 0.000622. The molecule has 9 heteroatoms. The maximum atomic E-state index is 13.0. The van der Waals surface area contributed by atoms with Crippen LogP contribution in [0.2, 0.25) is 0 Å². The molecule has 0 fully saturated rings. The normalized spacial score (nSPS) is 14.0. The van der Waals surface area contributed by atoms with Crippen LogP contribution in [0, 0.1) is 0 Å². The molecule has 410 valence electrons. The fraction of sp³-hybridized carbons (Fsp3) is 0.917. The fourth-order valence-electron chi connectivity index (χ4n) is 9.15. The molecule has 1 amide bonds. The molecule has 3 atom stereocenters. The summed E-state index contributed by atoms with van der Waals surface area (Å²) < 4.78 is 23.4. The third kappa shape index (κ3) is 54.6. The lowest BCUT2D eigenvalue weighted by atomic mass is 10.0. The predicted octanol–water partition coefficient (Wildman–Crippen LogP) is 17.7. The molecule has 0 saturated carbocycles. The number of quaternary nitrogens is 1. The molecule has 8 nitrogen and oxygen atoms in total. The number of carbonyl (C=O) groups excluding carboxylic acids is 1. The van der Waals surface area contributed by atoms with Gasteiger partial charge in [-0.1, -0.05) is 276 Å². The smallest absolute Gasteiger partial charge is 0.268 e. The van der Waals surface area contributed by atoms with Crippen molar-refractivity contribution in [1.82, 2.24) is 5.32 Å². The summed E-state index contributed by atoms with van der Waals surface area (Å²) in [4.78, 5) is 25.5.